The van der Waals surface area contributed by atoms with Crippen LogP contribution in [0.1, 0.15) is 99.4 Å². The van der Waals surface area contributed by atoms with Crippen LogP contribution in [-0.2, 0) is 11.3 Å². The summed E-state index contributed by atoms with van der Waals surface area (Å²) in [6.45, 7) is 4.28. The Balaban J connectivity index is 1.23. The Bertz CT molecular complexity index is 1270. The maximum absolute atomic E-state index is 13.7. The first-order valence-electron chi connectivity index (χ1n) is 16.1. The summed E-state index contributed by atoms with van der Waals surface area (Å²) in [6.07, 6.45) is 11.2. The number of carbonyl (C=O) groups is 3. The highest BCUT2D eigenvalue weighted by molar-refractivity contribution is 5.96. The van der Waals surface area contributed by atoms with Gasteiger partial charge in [0.15, 0.2) is 0 Å². The van der Waals surface area contributed by atoms with Crippen molar-refractivity contribution in [1.82, 2.24) is 19.3 Å². The summed E-state index contributed by atoms with van der Waals surface area (Å²) < 4.78 is 1.53. The molecule has 1 aromatic rings. The van der Waals surface area contributed by atoms with Gasteiger partial charge in [0.1, 0.15) is 0 Å². The van der Waals surface area contributed by atoms with Crippen LogP contribution >= 0.6 is 0 Å². The van der Waals surface area contributed by atoms with Crippen molar-refractivity contribution in [3.63, 3.8) is 0 Å². The van der Waals surface area contributed by atoms with E-state index in [1.54, 1.807) is 17.2 Å². The van der Waals surface area contributed by atoms with Crippen LogP contribution in [0.15, 0.2) is 17.1 Å². The maximum Gasteiger partial charge on any atom is 0.407 e. The maximum atomic E-state index is 13.7. The van der Waals surface area contributed by atoms with Crippen LogP contribution in [0.2, 0.25) is 0 Å². The third kappa shape index (κ3) is 5.47. The molecule has 2 atom stereocenters. The number of pyridine rings is 1. The summed E-state index contributed by atoms with van der Waals surface area (Å²) in [7, 11) is 0. The number of hydrogen-bond acceptors (Lipinski definition) is 5. The van der Waals surface area contributed by atoms with Crippen LogP contribution in [-0.4, -0.2) is 92.3 Å². The Labute approximate surface area is 247 Å². The van der Waals surface area contributed by atoms with E-state index in [1.165, 1.54) is 28.7 Å². The lowest BCUT2D eigenvalue weighted by Gasteiger charge is -2.53. The first-order chi connectivity index (χ1) is 20.1. The van der Waals surface area contributed by atoms with Crippen molar-refractivity contribution in [3.05, 3.63) is 33.7 Å². The summed E-state index contributed by atoms with van der Waals surface area (Å²) in [5.41, 5.74) is -0.579. The van der Waals surface area contributed by atoms with Gasteiger partial charge in [0.05, 0.1) is 17.7 Å². The van der Waals surface area contributed by atoms with Gasteiger partial charge in [0.25, 0.3) is 11.5 Å². The Hall–Kier alpha value is -2.88. The molecule has 3 aliphatic carbocycles. The highest BCUT2D eigenvalue weighted by Gasteiger charge is 2.56. The van der Waals surface area contributed by atoms with Crippen molar-refractivity contribution in [3.8, 4) is 0 Å². The molecule has 2 saturated heterocycles. The van der Waals surface area contributed by atoms with E-state index in [1.807, 2.05) is 11.8 Å². The number of rotatable bonds is 7. The van der Waals surface area contributed by atoms with Gasteiger partial charge in [-0.15, -0.1) is 0 Å². The monoisotopic (exact) mass is 582 g/mol. The lowest BCUT2D eigenvalue weighted by Crippen LogP contribution is -2.62. The third-order valence-electron chi connectivity index (χ3n) is 11.2. The van der Waals surface area contributed by atoms with Gasteiger partial charge in [-0.3, -0.25) is 14.4 Å². The number of aromatic nitrogens is 1. The molecule has 3 saturated carbocycles. The Morgan fingerprint density at radius 3 is 2.19 bits per heavy atom. The van der Waals surface area contributed by atoms with Crippen LogP contribution in [0.5, 0.6) is 0 Å². The molecule has 1 aromatic heterocycles. The number of nitrogens with zero attached hydrogens (tertiary/aromatic N) is 4. The lowest BCUT2D eigenvalue weighted by molar-refractivity contribution is -0.163. The van der Waals surface area contributed by atoms with Crippen molar-refractivity contribution < 1.29 is 24.6 Å². The fraction of sp³-hybridized carbons (Fsp3) is 0.750. The van der Waals surface area contributed by atoms with Crippen LogP contribution < -0.4 is 5.56 Å². The Kier molecular flexibility index (Phi) is 7.87. The van der Waals surface area contributed by atoms with E-state index in [4.69, 9.17) is 0 Å². The second-order valence-electron chi connectivity index (χ2n) is 13.9. The zero-order valence-corrected chi connectivity index (χ0v) is 24.9. The largest absolute Gasteiger partial charge is 0.465 e. The van der Waals surface area contributed by atoms with E-state index in [0.29, 0.717) is 44.1 Å². The molecule has 0 aromatic carbocycles. The number of aliphatic hydroxyl groups is 1. The predicted octanol–water partition coefficient (Wildman–Crippen LogP) is 3.51. The zero-order chi connectivity index (χ0) is 29.6. The zero-order valence-electron chi connectivity index (χ0n) is 24.9. The van der Waals surface area contributed by atoms with Crippen molar-refractivity contribution in [1.29, 1.82) is 0 Å². The van der Waals surface area contributed by atoms with Gasteiger partial charge in [-0.25, -0.2) is 4.79 Å². The molecule has 5 aliphatic rings. The minimum atomic E-state index is -1.16. The van der Waals surface area contributed by atoms with Gasteiger partial charge in [0.2, 0.25) is 5.91 Å². The number of likely N-dealkylation sites (tertiary alicyclic amines) is 1. The topological polar surface area (TPSA) is 123 Å². The molecule has 230 valence electrons. The van der Waals surface area contributed by atoms with E-state index >= 15 is 0 Å². The van der Waals surface area contributed by atoms with Crippen LogP contribution in [0, 0.1) is 17.3 Å². The van der Waals surface area contributed by atoms with Gasteiger partial charge < -0.3 is 29.5 Å². The summed E-state index contributed by atoms with van der Waals surface area (Å²) in [4.78, 5) is 57.0. The van der Waals surface area contributed by atoms with E-state index in [9.17, 15) is 29.4 Å². The smallest absolute Gasteiger partial charge is 0.407 e. The number of hydrogen-bond donors (Lipinski definition) is 2. The number of amides is 3. The first kappa shape index (κ1) is 29.2. The summed E-state index contributed by atoms with van der Waals surface area (Å²) in [6, 6.07) is 1.59. The van der Waals surface area contributed by atoms with Gasteiger partial charge in [-0.05, 0) is 55.9 Å². The fourth-order valence-electron chi connectivity index (χ4n) is 8.10. The van der Waals surface area contributed by atoms with Crippen LogP contribution in [0.4, 0.5) is 4.79 Å². The molecule has 2 aliphatic heterocycles. The average Bonchev–Trinajstić information content (AvgIpc) is 3.70. The fourth-order valence-corrected chi connectivity index (χ4v) is 8.10. The second-order valence-corrected chi connectivity index (χ2v) is 13.9. The van der Waals surface area contributed by atoms with Gasteiger partial charge in [0, 0.05) is 62.9 Å². The highest BCUT2D eigenvalue weighted by Crippen LogP contribution is 2.52. The van der Waals surface area contributed by atoms with E-state index in [-0.39, 0.29) is 48.8 Å². The molecule has 1 spiro atoms. The number of carboxylic acid groups (broad SMARTS) is 1. The highest BCUT2D eigenvalue weighted by atomic mass is 16.4. The Morgan fingerprint density at radius 1 is 0.929 bits per heavy atom. The molecule has 3 amide bonds. The number of piperidine rings is 1. The molecule has 0 bridgehead atoms. The molecule has 2 N–H and O–H groups in total. The normalized spacial score (nSPS) is 26.8. The average molecular weight is 583 g/mol. The van der Waals surface area contributed by atoms with Crippen molar-refractivity contribution in [2.75, 3.05) is 39.3 Å². The second kappa shape index (κ2) is 11.3. The van der Waals surface area contributed by atoms with E-state index in [0.717, 1.165) is 50.5 Å². The molecular weight excluding hydrogens is 536 g/mol. The molecule has 42 heavy (non-hydrogen) atoms. The molecule has 6 rings (SSSR count). The van der Waals surface area contributed by atoms with Gasteiger partial charge in [-0.2, -0.15) is 0 Å². The van der Waals surface area contributed by atoms with Crippen molar-refractivity contribution in [2.24, 2.45) is 17.3 Å². The van der Waals surface area contributed by atoms with Gasteiger partial charge in [-0.1, -0.05) is 39.0 Å². The van der Waals surface area contributed by atoms with Crippen LogP contribution in [0.3, 0.4) is 0 Å². The molecular formula is C32H46N4O6. The predicted molar refractivity (Wildman–Crippen MR) is 156 cm³/mol. The molecule has 0 radical (unpaired) electrons. The van der Waals surface area contributed by atoms with Gasteiger partial charge >= 0.3 is 6.09 Å². The summed E-state index contributed by atoms with van der Waals surface area (Å²) in [5, 5.41) is 21.6. The summed E-state index contributed by atoms with van der Waals surface area (Å²) in [5.74, 6) is 0.848. The summed E-state index contributed by atoms with van der Waals surface area (Å²) >= 11 is 0. The molecule has 3 heterocycles. The third-order valence-corrected chi connectivity index (χ3v) is 11.2. The molecule has 5 fully saturated rings. The molecule has 10 heteroatoms. The first-order valence-corrected chi connectivity index (χ1v) is 16.1. The molecule has 0 unspecified atom stereocenters. The minimum absolute atomic E-state index is 0.0107. The lowest BCUT2D eigenvalue weighted by atomic mass is 9.65. The van der Waals surface area contributed by atoms with E-state index in [2.05, 4.69) is 0 Å². The van der Waals surface area contributed by atoms with Crippen molar-refractivity contribution >= 4 is 17.9 Å². The Morgan fingerprint density at radius 2 is 1.60 bits per heavy atom. The SMILES string of the molecule is C[C@H](CC1CCC1)C(=O)N1CC[C@@](O)(Cn2cc(C(=O)N3CCN(C(=O)O)CC3)c(C3CC3)cc2=O)C2(CCCC2)C1. The standard InChI is InChI=1S/C32H46N4O6/c1-22(17-23-5-4-6-23)28(38)35-12-11-32(42,31(20-35)9-2-3-10-31)21-36-19-26(25(18-27(36)37)24-7-8-24)29(39)33-13-15-34(16-14-33)30(40)41/h18-19,22-24,42H,2-17,20-21H2,1H3,(H,40,41)/t22-,32-/m1/s1. The van der Waals surface area contributed by atoms with E-state index < -0.39 is 17.1 Å². The minimum Gasteiger partial charge on any atom is -0.465 e. The number of piperazine rings is 1. The number of carbonyl (C=O) groups excluding carboxylic acids is 2. The quantitative estimate of drug-likeness (QED) is 0.507. The molecule has 10 nitrogen and oxygen atoms in total. The van der Waals surface area contributed by atoms with Crippen molar-refractivity contribution in [2.45, 2.75) is 95.6 Å². The van der Waals surface area contributed by atoms with Crippen LogP contribution in [0.25, 0.3) is 0 Å².